The molecule has 0 aliphatic heterocycles. The van der Waals surface area contributed by atoms with Crippen LogP contribution in [0.3, 0.4) is 0 Å². The molecule has 0 spiro atoms. The van der Waals surface area contributed by atoms with Crippen molar-refractivity contribution in [1.82, 2.24) is 24.9 Å². The number of aromatic carboxylic acids is 3. The van der Waals surface area contributed by atoms with Gasteiger partial charge in [0.25, 0.3) is 0 Å². The molecule has 0 bridgehead atoms. The van der Waals surface area contributed by atoms with Crippen molar-refractivity contribution < 1.29 is 43.9 Å². The Labute approximate surface area is 669 Å². The van der Waals surface area contributed by atoms with Crippen LogP contribution in [0.4, 0.5) is 0 Å². The zero-order chi connectivity index (χ0) is 78.2. The molecule has 0 unspecified atom stereocenters. The third-order valence-electron chi connectivity index (χ3n) is 20.2. The summed E-state index contributed by atoms with van der Waals surface area (Å²) in [6, 6.07) is 85.1. The largest absolute Gasteiger partial charge is 0.488 e. The maximum Gasteiger partial charge on any atom is 0.336 e. The number of hydrogen-bond donors (Lipinski definition) is 3. The molecule has 0 aliphatic carbocycles. The molecule has 0 radical (unpaired) electrons. The maximum atomic E-state index is 12.6. The fourth-order valence-electron chi connectivity index (χ4n) is 14.5. The highest BCUT2D eigenvalue weighted by atomic mass is 32.1. The van der Waals surface area contributed by atoms with Crippen LogP contribution < -0.4 is 14.2 Å². The van der Waals surface area contributed by atoms with Crippen LogP contribution in [0.25, 0.3) is 130 Å². The van der Waals surface area contributed by atoms with E-state index in [9.17, 15) is 29.7 Å². The lowest BCUT2D eigenvalue weighted by atomic mass is 9.99. The SMILES string of the molecule is CCc1ccc(OCc2ccc(-c3ccccn3)cc2)c2c(C(=O)O)cc(-c3csc4ccccc34)nc12.CCc1ccc(OCc2cccc(-c3cccnc3)c2)c2c(C(=O)O)cc(-c3csc4ccccc34)nc12.CCc1ccc(OCc2ccccc2-c2ccccc2)c2c(C(=O)O)cc(-c3csc4ccccc34)nc12. The van der Waals surface area contributed by atoms with Crippen LogP contribution in [0.5, 0.6) is 17.2 Å². The highest BCUT2D eigenvalue weighted by molar-refractivity contribution is 7.18. The number of ether oxygens (including phenoxy) is 3. The lowest BCUT2D eigenvalue weighted by Crippen LogP contribution is -2.05. The van der Waals surface area contributed by atoms with Crippen LogP contribution in [0.2, 0.25) is 0 Å². The molecule has 17 heteroatoms. The second kappa shape index (κ2) is 33.6. The first-order valence-corrected chi connectivity index (χ1v) is 40.0. The molecular weight excluding hydrogens is 1480 g/mol. The molecule has 0 amide bonds. The normalized spacial score (nSPS) is 11.2. The van der Waals surface area contributed by atoms with Gasteiger partial charge in [0.05, 0.1) is 72.2 Å². The minimum atomic E-state index is -1.00. The number of benzene rings is 10. The molecule has 3 N–H and O–H groups in total. The fourth-order valence-corrected chi connectivity index (χ4v) is 17.3. The number of carbonyl (C=O) groups is 3. The summed E-state index contributed by atoms with van der Waals surface area (Å²) in [5.41, 5.74) is 19.5. The van der Waals surface area contributed by atoms with Gasteiger partial charge in [-0.1, -0.05) is 203 Å². The average molecular weight is 1550 g/mol. The van der Waals surface area contributed by atoms with E-state index in [2.05, 4.69) is 70.8 Å². The van der Waals surface area contributed by atoms with E-state index in [4.69, 9.17) is 29.2 Å². The van der Waals surface area contributed by atoms with Crippen LogP contribution in [0.15, 0.2) is 296 Å². The number of thiophene rings is 3. The quantitative estimate of drug-likeness (QED) is 0.0613. The predicted octanol–water partition coefficient (Wildman–Crippen LogP) is 24.7. The highest BCUT2D eigenvalue weighted by Gasteiger charge is 2.25. The third-order valence-corrected chi connectivity index (χ3v) is 23.1. The number of nitrogens with zero attached hydrogens (tertiary/aromatic N) is 5. The van der Waals surface area contributed by atoms with Crippen LogP contribution in [0, 0.1) is 0 Å². The summed E-state index contributed by atoms with van der Waals surface area (Å²) in [5, 5.41) is 41.8. The van der Waals surface area contributed by atoms with Crippen LogP contribution in [-0.4, -0.2) is 58.1 Å². The molecule has 114 heavy (non-hydrogen) atoms. The van der Waals surface area contributed by atoms with Gasteiger partial charge in [-0.3, -0.25) is 9.97 Å². The molecule has 10 aromatic carbocycles. The molecule has 18 rings (SSSR count). The van der Waals surface area contributed by atoms with Gasteiger partial charge in [0.2, 0.25) is 0 Å². The molecule has 0 saturated heterocycles. The van der Waals surface area contributed by atoms with E-state index in [1.807, 2.05) is 225 Å². The second-order valence-electron chi connectivity index (χ2n) is 27.2. The molecule has 8 heterocycles. The lowest BCUT2D eigenvalue weighted by Gasteiger charge is -2.16. The van der Waals surface area contributed by atoms with E-state index < -0.39 is 17.9 Å². The fraction of sp³-hybridized carbons (Fsp3) is 0.0928. The summed E-state index contributed by atoms with van der Waals surface area (Å²) in [6.45, 7) is 7.06. The van der Waals surface area contributed by atoms with E-state index in [0.717, 1.165) is 133 Å². The molecule has 0 aliphatic rings. The average Bonchev–Trinajstić information content (AvgIpc) is 1.37. The summed E-state index contributed by atoms with van der Waals surface area (Å²) < 4.78 is 22.3. The van der Waals surface area contributed by atoms with Crippen LogP contribution in [-0.2, 0) is 39.1 Å². The lowest BCUT2D eigenvalue weighted by molar-refractivity contribution is 0.0688. The Morgan fingerprint density at radius 3 is 1.22 bits per heavy atom. The van der Waals surface area contributed by atoms with Gasteiger partial charge in [0, 0.05) is 87.2 Å². The molecule has 0 fully saturated rings. The van der Waals surface area contributed by atoms with Crippen molar-refractivity contribution in [3.63, 3.8) is 0 Å². The van der Waals surface area contributed by atoms with Crippen LogP contribution in [0.1, 0.15) is 85.2 Å². The second-order valence-corrected chi connectivity index (χ2v) is 29.9. The van der Waals surface area contributed by atoms with Gasteiger partial charge >= 0.3 is 17.9 Å². The maximum absolute atomic E-state index is 12.6. The number of fused-ring (bicyclic) bond motifs is 6. The number of pyridine rings is 5. The first-order valence-electron chi connectivity index (χ1n) is 37.4. The van der Waals surface area contributed by atoms with Gasteiger partial charge in [-0.2, -0.15) is 0 Å². The number of carboxylic acid groups (broad SMARTS) is 3. The zero-order valence-corrected chi connectivity index (χ0v) is 64.7. The molecule has 18 aromatic rings. The van der Waals surface area contributed by atoms with E-state index in [-0.39, 0.29) is 16.7 Å². The number of rotatable bonds is 21. The van der Waals surface area contributed by atoms with E-state index >= 15 is 0 Å². The third kappa shape index (κ3) is 15.5. The van der Waals surface area contributed by atoms with Crippen molar-refractivity contribution in [3.8, 4) is 84.5 Å². The summed E-state index contributed by atoms with van der Waals surface area (Å²) >= 11 is 4.90. The Morgan fingerprint density at radius 2 is 0.763 bits per heavy atom. The smallest absolute Gasteiger partial charge is 0.336 e. The van der Waals surface area contributed by atoms with Crippen molar-refractivity contribution in [3.05, 3.63) is 346 Å². The Kier molecular flexibility index (Phi) is 21.9. The molecular formula is C97H73N5O9S3. The summed E-state index contributed by atoms with van der Waals surface area (Å²) in [6.07, 6.45) is 7.54. The van der Waals surface area contributed by atoms with Gasteiger partial charge in [-0.15, -0.1) is 34.0 Å². The van der Waals surface area contributed by atoms with Gasteiger partial charge in [0.15, 0.2) is 0 Å². The number of aryl methyl sites for hydroxylation is 3. The Balaban J connectivity index is 0.000000129. The summed E-state index contributed by atoms with van der Waals surface area (Å²) in [5.74, 6) is -1.47. The van der Waals surface area contributed by atoms with Gasteiger partial charge < -0.3 is 29.5 Å². The molecule has 0 saturated carbocycles. The minimum Gasteiger partial charge on any atom is -0.488 e. The van der Waals surface area contributed by atoms with Crippen molar-refractivity contribution in [1.29, 1.82) is 0 Å². The molecule has 0 atom stereocenters. The zero-order valence-electron chi connectivity index (χ0n) is 62.3. The predicted molar refractivity (Wildman–Crippen MR) is 461 cm³/mol. The Bertz CT molecular complexity index is 6630. The number of aromatic nitrogens is 5. The molecule has 558 valence electrons. The molecule has 14 nitrogen and oxygen atoms in total. The number of hydrogen-bond acceptors (Lipinski definition) is 14. The summed E-state index contributed by atoms with van der Waals surface area (Å²) in [4.78, 5) is 61.3. The Hall–Kier alpha value is -13.6. The summed E-state index contributed by atoms with van der Waals surface area (Å²) in [7, 11) is 0. The standard InChI is InChI=1S/C33H25NO3S.2C32H24N2O3S/c1-2-21-16-17-29(37-19-23-12-6-7-13-24(23)22-10-4-3-5-11-22)31-26(33(35)36)18-28(34-32(21)31)27-20-38-30-15-9-8-14-25(27)30;1-2-21-12-13-28(37-18-20-7-5-8-22(15-20)23-9-6-14-33-17-23)30-25(32(35)36)16-27(34-31(21)30)26-19-38-29-11-4-3-10-24(26)29;1-2-21-14-15-28(37-18-20-10-12-22(13-11-20)26-8-5-6-16-33-26)30-24(32(35)36)17-27(34-31(21)30)25-19-38-29-9-4-3-7-23(25)29/h3-18,20H,2,19H2,1H3,(H,35,36);2*3-17,19H,2,18H2,1H3,(H,35,36). The first kappa shape index (κ1) is 74.5. The monoisotopic (exact) mass is 1550 g/mol. The number of carboxylic acids is 3. The van der Waals surface area contributed by atoms with Crippen LogP contribution >= 0.6 is 34.0 Å². The van der Waals surface area contributed by atoms with Gasteiger partial charge in [0.1, 0.15) is 37.1 Å². The Morgan fingerprint density at radius 1 is 0.333 bits per heavy atom. The van der Waals surface area contributed by atoms with E-state index in [1.54, 1.807) is 64.6 Å². The van der Waals surface area contributed by atoms with E-state index in [0.29, 0.717) is 86.9 Å². The van der Waals surface area contributed by atoms with Crippen molar-refractivity contribution in [2.75, 3.05) is 0 Å². The van der Waals surface area contributed by atoms with Gasteiger partial charge in [-0.25, -0.2) is 29.3 Å². The van der Waals surface area contributed by atoms with Gasteiger partial charge in [-0.05, 0) is 154 Å². The van der Waals surface area contributed by atoms with E-state index in [1.165, 1.54) is 0 Å². The first-order chi connectivity index (χ1) is 55.9. The minimum absolute atomic E-state index is 0.190. The molecule has 8 aromatic heterocycles. The van der Waals surface area contributed by atoms with Crippen molar-refractivity contribution in [2.24, 2.45) is 0 Å². The topological polar surface area (TPSA) is 204 Å². The van der Waals surface area contributed by atoms with Crippen molar-refractivity contribution in [2.45, 2.75) is 59.9 Å². The van der Waals surface area contributed by atoms with Crippen molar-refractivity contribution >= 4 is 115 Å². The highest BCUT2D eigenvalue weighted by Crippen LogP contribution is 2.43.